The molecule has 2 aliphatic rings. The third kappa shape index (κ3) is 4.08. The molecule has 132 valence electrons. The van der Waals surface area contributed by atoms with Crippen LogP contribution in [0.4, 0.5) is 5.69 Å². The molecule has 2 atom stereocenters. The Labute approximate surface area is 149 Å². The van der Waals surface area contributed by atoms with Crippen molar-refractivity contribution in [2.75, 3.05) is 18.0 Å². The predicted octanol–water partition coefficient (Wildman–Crippen LogP) is 2.23. The van der Waals surface area contributed by atoms with Gasteiger partial charge >= 0.3 is 0 Å². The first-order chi connectivity index (χ1) is 11.2. The summed E-state index contributed by atoms with van der Waals surface area (Å²) in [5, 5.41) is 3.04. The zero-order chi connectivity index (χ0) is 16.2. The van der Waals surface area contributed by atoms with Crippen LogP contribution in [-0.4, -0.2) is 24.9 Å². The number of anilines is 1. The number of halogens is 1. The minimum absolute atomic E-state index is 0. The maximum absolute atomic E-state index is 12.3. The van der Waals surface area contributed by atoms with Gasteiger partial charge in [0.15, 0.2) is 0 Å². The van der Waals surface area contributed by atoms with Gasteiger partial charge < -0.3 is 16.0 Å². The fourth-order valence-corrected chi connectivity index (χ4v) is 3.74. The Hall–Kier alpha value is -1.59. The second kappa shape index (κ2) is 8.49. The highest BCUT2D eigenvalue weighted by Crippen LogP contribution is 2.31. The molecule has 1 aliphatic carbocycles. The zero-order valence-electron chi connectivity index (χ0n) is 13.9. The minimum atomic E-state index is 0. The number of rotatable bonds is 5. The lowest BCUT2D eigenvalue weighted by molar-refractivity contribution is -0.126. The van der Waals surface area contributed by atoms with Crippen molar-refractivity contribution in [1.82, 2.24) is 5.32 Å². The summed E-state index contributed by atoms with van der Waals surface area (Å²) in [6, 6.07) is 7.88. The molecule has 2 amide bonds. The maximum atomic E-state index is 12.3. The quantitative estimate of drug-likeness (QED) is 0.854. The van der Waals surface area contributed by atoms with Gasteiger partial charge in [-0.05, 0) is 49.4 Å². The standard InChI is InChI=1S/C18H25N3O2.ClH/c19-11-14-5-2-7-16(14)18(23)20-12-13-4-1-6-15(10-13)21-9-3-8-17(21)22;/h1,4,6,10,14,16H,2-3,5,7-9,11-12,19H2,(H,20,23);1H/t14-,16-;/m1./s1. The number of carbonyl (C=O) groups is 2. The van der Waals surface area contributed by atoms with Crippen LogP contribution in [0.25, 0.3) is 0 Å². The van der Waals surface area contributed by atoms with Crippen molar-refractivity contribution in [3.05, 3.63) is 29.8 Å². The lowest BCUT2D eigenvalue weighted by atomic mass is 9.95. The Morgan fingerprint density at radius 1 is 1.29 bits per heavy atom. The van der Waals surface area contributed by atoms with E-state index in [2.05, 4.69) is 5.32 Å². The molecule has 5 nitrogen and oxygen atoms in total. The molecule has 1 heterocycles. The summed E-state index contributed by atoms with van der Waals surface area (Å²) in [5.74, 6) is 0.676. The second-order valence-corrected chi connectivity index (χ2v) is 6.57. The van der Waals surface area contributed by atoms with E-state index in [1.807, 2.05) is 29.2 Å². The summed E-state index contributed by atoms with van der Waals surface area (Å²) < 4.78 is 0. The summed E-state index contributed by atoms with van der Waals surface area (Å²) in [4.78, 5) is 26.0. The van der Waals surface area contributed by atoms with Gasteiger partial charge in [0.05, 0.1) is 0 Å². The molecular formula is C18H26ClN3O2. The summed E-state index contributed by atoms with van der Waals surface area (Å²) >= 11 is 0. The molecule has 0 radical (unpaired) electrons. The second-order valence-electron chi connectivity index (χ2n) is 6.57. The van der Waals surface area contributed by atoms with E-state index in [1.165, 1.54) is 0 Å². The van der Waals surface area contributed by atoms with E-state index in [0.717, 1.165) is 43.5 Å². The first-order valence-electron chi connectivity index (χ1n) is 8.56. The van der Waals surface area contributed by atoms with Crippen molar-refractivity contribution in [1.29, 1.82) is 0 Å². The number of carbonyl (C=O) groups excluding carboxylic acids is 2. The monoisotopic (exact) mass is 351 g/mol. The number of nitrogens with zero attached hydrogens (tertiary/aromatic N) is 1. The van der Waals surface area contributed by atoms with Gasteiger partial charge in [-0.25, -0.2) is 0 Å². The Kier molecular flexibility index (Phi) is 6.63. The van der Waals surface area contributed by atoms with Gasteiger partial charge in [0.25, 0.3) is 0 Å². The molecule has 1 aromatic rings. The normalized spacial score (nSPS) is 23.2. The Morgan fingerprint density at radius 2 is 2.12 bits per heavy atom. The molecule has 2 fully saturated rings. The number of amides is 2. The molecule has 0 bridgehead atoms. The molecule has 24 heavy (non-hydrogen) atoms. The fourth-order valence-electron chi connectivity index (χ4n) is 3.74. The molecule has 1 saturated carbocycles. The van der Waals surface area contributed by atoms with Crippen molar-refractivity contribution in [3.8, 4) is 0 Å². The van der Waals surface area contributed by atoms with E-state index in [1.54, 1.807) is 0 Å². The van der Waals surface area contributed by atoms with E-state index in [4.69, 9.17) is 5.73 Å². The molecule has 0 spiro atoms. The first kappa shape index (κ1) is 18.7. The van der Waals surface area contributed by atoms with Crippen molar-refractivity contribution in [2.24, 2.45) is 17.6 Å². The third-order valence-electron chi connectivity index (χ3n) is 5.06. The van der Waals surface area contributed by atoms with Crippen molar-refractivity contribution < 1.29 is 9.59 Å². The predicted molar refractivity (Wildman–Crippen MR) is 97.0 cm³/mol. The topological polar surface area (TPSA) is 75.4 Å². The average Bonchev–Trinajstić information content (AvgIpc) is 3.21. The minimum Gasteiger partial charge on any atom is -0.352 e. The van der Waals surface area contributed by atoms with Crippen molar-refractivity contribution in [2.45, 2.75) is 38.6 Å². The van der Waals surface area contributed by atoms with E-state index in [0.29, 0.717) is 25.4 Å². The molecule has 1 aliphatic heterocycles. The largest absolute Gasteiger partial charge is 0.352 e. The molecular weight excluding hydrogens is 326 g/mol. The molecule has 6 heteroatoms. The number of hydrogen-bond donors (Lipinski definition) is 2. The Morgan fingerprint density at radius 3 is 2.83 bits per heavy atom. The fraction of sp³-hybridized carbons (Fsp3) is 0.556. The molecule has 0 aromatic heterocycles. The van der Waals surface area contributed by atoms with Crippen molar-refractivity contribution in [3.63, 3.8) is 0 Å². The van der Waals surface area contributed by atoms with Gasteiger partial charge in [-0.15, -0.1) is 12.4 Å². The van der Waals surface area contributed by atoms with Crippen LogP contribution in [0, 0.1) is 11.8 Å². The van der Waals surface area contributed by atoms with E-state index < -0.39 is 0 Å². The van der Waals surface area contributed by atoms with E-state index >= 15 is 0 Å². The van der Waals surface area contributed by atoms with Crippen LogP contribution in [0.3, 0.4) is 0 Å². The number of benzene rings is 1. The molecule has 1 saturated heterocycles. The molecule has 0 unspecified atom stereocenters. The van der Waals surface area contributed by atoms with Gasteiger partial charge in [-0.3, -0.25) is 9.59 Å². The van der Waals surface area contributed by atoms with Crippen LogP contribution in [0.1, 0.15) is 37.7 Å². The highest BCUT2D eigenvalue weighted by molar-refractivity contribution is 5.95. The highest BCUT2D eigenvalue weighted by Gasteiger charge is 2.31. The summed E-state index contributed by atoms with van der Waals surface area (Å²) in [6.45, 7) is 1.88. The Balaban J connectivity index is 0.00000208. The van der Waals surface area contributed by atoms with Crippen molar-refractivity contribution >= 4 is 29.9 Å². The highest BCUT2D eigenvalue weighted by atomic mass is 35.5. The van der Waals surface area contributed by atoms with Gasteiger partial charge in [0, 0.05) is 31.1 Å². The molecule has 3 N–H and O–H groups in total. The van der Waals surface area contributed by atoms with Crippen LogP contribution >= 0.6 is 12.4 Å². The van der Waals surface area contributed by atoms with Gasteiger partial charge in [0.2, 0.25) is 11.8 Å². The SMILES string of the molecule is Cl.NC[C@H]1CCC[C@H]1C(=O)NCc1cccc(N2CCCC2=O)c1. The Bertz CT molecular complexity index is 593. The molecule has 3 rings (SSSR count). The average molecular weight is 352 g/mol. The van der Waals surface area contributed by atoms with Crippen LogP contribution < -0.4 is 16.0 Å². The summed E-state index contributed by atoms with van der Waals surface area (Å²) in [5.41, 5.74) is 7.71. The van der Waals surface area contributed by atoms with Crippen LogP contribution in [0.2, 0.25) is 0 Å². The van der Waals surface area contributed by atoms with Gasteiger partial charge in [-0.2, -0.15) is 0 Å². The van der Waals surface area contributed by atoms with E-state index in [9.17, 15) is 9.59 Å². The first-order valence-corrected chi connectivity index (χ1v) is 8.56. The maximum Gasteiger partial charge on any atom is 0.227 e. The summed E-state index contributed by atoms with van der Waals surface area (Å²) in [6.07, 6.45) is 4.63. The van der Waals surface area contributed by atoms with Crippen LogP contribution in [0.5, 0.6) is 0 Å². The van der Waals surface area contributed by atoms with Crippen LogP contribution in [0.15, 0.2) is 24.3 Å². The van der Waals surface area contributed by atoms with Gasteiger partial charge in [-0.1, -0.05) is 18.6 Å². The van der Waals surface area contributed by atoms with Gasteiger partial charge in [0.1, 0.15) is 0 Å². The lowest BCUT2D eigenvalue weighted by Gasteiger charge is -2.19. The van der Waals surface area contributed by atoms with E-state index in [-0.39, 0.29) is 30.1 Å². The zero-order valence-corrected chi connectivity index (χ0v) is 14.7. The smallest absolute Gasteiger partial charge is 0.227 e. The number of hydrogen-bond acceptors (Lipinski definition) is 3. The lowest BCUT2D eigenvalue weighted by Crippen LogP contribution is -2.34. The van der Waals surface area contributed by atoms with Crippen LogP contribution in [-0.2, 0) is 16.1 Å². The molecule has 1 aromatic carbocycles. The number of nitrogens with two attached hydrogens (primary N) is 1. The summed E-state index contributed by atoms with van der Waals surface area (Å²) in [7, 11) is 0. The third-order valence-corrected chi connectivity index (χ3v) is 5.06. The number of nitrogens with one attached hydrogen (secondary N) is 1.